The number of nitrogens with two attached hydrogens (primary N) is 1. The van der Waals surface area contributed by atoms with Crippen molar-refractivity contribution in [3.05, 3.63) is 41.7 Å². The molecule has 7 nitrogen and oxygen atoms in total. The van der Waals surface area contributed by atoms with E-state index in [4.69, 9.17) is 5.73 Å². The van der Waals surface area contributed by atoms with Crippen LogP contribution in [0.1, 0.15) is 20.7 Å². The number of carbonyl (C=O) groups is 2. The highest BCUT2D eigenvalue weighted by molar-refractivity contribution is 6.21. The number of aromatic nitrogens is 2. The van der Waals surface area contributed by atoms with Crippen molar-refractivity contribution in [2.45, 2.75) is 0 Å². The summed E-state index contributed by atoms with van der Waals surface area (Å²) >= 11 is 0. The highest BCUT2D eigenvalue weighted by Gasteiger charge is 2.32. The Balaban J connectivity index is 1.92. The molecule has 1 aliphatic heterocycles. The van der Waals surface area contributed by atoms with E-state index >= 15 is 0 Å². The zero-order valence-electron chi connectivity index (χ0n) is 10.6. The molecule has 0 atom stereocenters. The molecule has 0 radical (unpaired) electrons. The summed E-state index contributed by atoms with van der Waals surface area (Å²) in [4.78, 5) is 32.8. The Kier molecular flexibility index (Phi) is 2.60. The lowest BCUT2D eigenvalue weighted by Gasteiger charge is -2.05. The second kappa shape index (κ2) is 4.30. The maximum Gasteiger partial charge on any atom is 0.261 e. The van der Waals surface area contributed by atoms with Gasteiger partial charge in [0.1, 0.15) is 0 Å². The van der Waals surface area contributed by atoms with Gasteiger partial charge in [0.2, 0.25) is 5.95 Å². The average Bonchev–Trinajstić information content (AvgIpc) is 2.66. The number of hydrogen-bond donors (Lipinski definition) is 2. The number of rotatable bonds is 2. The first-order chi connectivity index (χ1) is 9.56. The van der Waals surface area contributed by atoms with Gasteiger partial charge in [-0.25, -0.2) is 9.97 Å². The molecule has 2 aromatic rings. The molecule has 2 amide bonds. The fourth-order valence-corrected chi connectivity index (χ4v) is 1.97. The molecule has 100 valence electrons. The molecule has 1 aromatic carbocycles. The van der Waals surface area contributed by atoms with Crippen LogP contribution in [0.15, 0.2) is 30.6 Å². The van der Waals surface area contributed by atoms with Crippen LogP contribution in [0, 0.1) is 0 Å². The van der Waals surface area contributed by atoms with Gasteiger partial charge in [-0.3, -0.25) is 14.5 Å². The molecule has 3 rings (SSSR count). The Morgan fingerprint density at radius 2 is 1.75 bits per heavy atom. The summed E-state index contributed by atoms with van der Waals surface area (Å²) in [5, 5.41) is 2.95. The summed E-state index contributed by atoms with van der Waals surface area (Å²) in [5.41, 5.74) is 7.37. The van der Waals surface area contributed by atoms with Crippen LogP contribution < -0.4 is 11.1 Å². The van der Waals surface area contributed by atoms with E-state index in [1.165, 1.54) is 19.4 Å². The molecular weight excluding hydrogens is 258 g/mol. The van der Waals surface area contributed by atoms with E-state index in [9.17, 15) is 9.59 Å². The Labute approximate surface area is 114 Å². The summed E-state index contributed by atoms with van der Waals surface area (Å²) in [7, 11) is 1.46. The topological polar surface area (TPSA) is 101 Å². The highest BCUT2D eigenvalue weighted by atomic mass is 16.2. The number of nitrogens with one attached hydrogen (secondary N) is 1. The smallest absolute Gasteiger partial charge is 0.261 e. The molecule has 0 bridgehead atoms. The molecule has 0 saturated heterocycles. The van der Waals surface area contributed by atoms with E-state index < -0.39 is 0 Å². The van der Waals surface area contributed by atoms with Gasteiger partial charge >= 0.3 is 0 Å². The van der Waals surface area contributed by atoms with Crippen molar-refractivity contribution in [3.63, 3.8) is 0 Å². The van der Waals surface area contributed by atoms with Crippen LogP contribution in [-0.2, 0) is 0 Å². The van der Waals surface area contributed by atoms with Crippen molar-refractivity contribution in [2.75, 3.05) is 18.1 Å². The molecule has 0 unspecified atom stereocenters. The number of nitrogen functional groups attached to an aromatic ring is 1. The molecule has 20 heavy (non-hydrogen) atoms. The highest BCUT2D eigenvalue weighted by Crippen LogP contribution is 2.25. The molecule has 0 saturated carbocycles. The number of hydrogen-bond acceptors (Lipinski definition) is 6. The van der Waals surface area contributed by atoms with Crippen LogP contribution in [0.2, 0.25) is 0 Å². The van der Waals surface area contributed by atoms with Crippen LogP contribution in [0.25, 0.3) is 0 Å². The first kappa shape index (κ1) is 12.1. The van der Waals surface area contributed by atoms with Crippen molar-refractivity contribution < 1.29 is 9.59 Å². The quantitative estimate of drug-likeness (QED) is 0.789. The molecule has 1 aliphatic rings. The third kappa shape index (κ3) is 1.85. The Hall–Kier alpha value is -2.96. The largest absolute Gasteiger partial charge is 0.396 e. The van der Waals surface area contributed by atoms with Crippen LogP contribution in [0.3, 0.4) is 0 Å². The van der Waals surface area contributed by atoms with Gasteiger partial charge in [-0.15, -0.1) is 0 Å². The van der Waals surface area contributed by atoms with E-state index in [1.54, 1.807) is 18.2 Å². The fourth-order valence-electron chi connectivity index (χ4n) is 1.97. The number of amides is 2. The zero-order chi connectivity index (χ0) is 14.3. The first-order valence-corrected chi connectivity index (χ1v) is 5.87. The predicted molar refractivity (Wildman–Crippen MR) is 72.6 cm³/mol. The predicted octanol–water partition coefficient (Wildman–Crippen LogP) is 1.03. The Bertz CT molecular complexity index is 711. The van der Waals surface area contributed by atoms with E-state index in [0.29, 0.717) is 28.5 Å². The van der Waals surface area contributed by atoms with E-state index in [1.807, 2.05) is 0 Å². The minimum absolute atomic E-state index is 0.291. The lowest BCUT2D eigenvalue weighted by atomic mass is 10.1. The van der Waals surface area contributed by atoms with E-state index in [2.05, 4.69) is 15.3 Å². The van der Waals surface area contributed by atoms with Gasteiger partial charge in [0, 0.05) is 12.7 Å². The molecule has 3 N–H and O–H groups in total. The summed E-state index contributed by atoms with van der Waals surface area (Å²) in [6, 6.07) is 4.92. The average molecular weight is 269 g/mol. The normalized spacial score (nSPS) is 13.6. The van der Waals surface area contributed by atoms with Gasteiger partial charge in [0.25, 0.3) is 11.8 Å². The van der Waals surface area contributed by atoms with Crippen molar-refractivity contribution >= 4 is 29.1 Å². The van der Waals surface area contributed by atoms with Gasteiger partial charge < -0.3 is 11.1 Å². The van der Waals surface area contributed by atoms with Crippen molar-refractivity contribution in [1.29, 1.82) is 0 Å². The number of carbonyl (C=O) groups excluding carboxylic acids is 2. The maximum atomic E-state index is 11.9. The van der Waals surface area contributed by atoms with Gasteiger partial charge in [-0.1, -0.05) is 0 Å². The van der Waals surface area contributed by atoms with Gasteiger partial charge in [-0.2, -0.15) is 0 Å². The number of benzene rings is 1. The number of anilines is 3. The summed E-state index contributed by atoms with van der Waals surface area (Å²) in [5.74, 6) is -0.239. The first-order valence-electron chi connectivity index (χ1n) is 5.87. The molecule has 0 fully saturated rings. The zero-order valence-corrected chi connectivity index (χ0v) is 10.6. The standard InChI is InChI=1S/C13H11N5O2/c1-18-11(19)9-3-2-8(4-10(9)12(18)20)17-13-15-5-7(14)6-16-13/h2-6H,14H2,1H3,(H,15,16,17). The van der Waals surface area contributed by atoms with Crippen LogP contribution in [-0.4, -0.2) is 33.7 Å². The third-order valence-corrected chi connectivity index (χ3v) is 3.02. The Morgan fingerprint density at radius 1 is 1.10 bits per heavy atom. The number of imide groups is 1. The maximum absolute atomic E-state index is 11.9. The van der Waals surface area contributed by atoms with E-state index in [0.717, 1.165) is 4.90 Å². The summed E-state index contributed by atoms with van der Waals surface area (Å²) in [6.07, 6.45) is 2.95. The van der Waals surface area contributed by atoms with E-state index in [-0.39, 0.29) is 11.8 Å². The second-order valence-corrected chi connectivity index (χ2v) is 4.39. The Morgan fingerprint density at radius 3 is 2.45 bits per heavy atom. The molecule has 1 aromatic heterocycles. The molecule has 0 spiro atoms. The minimum atomic E-state index is -0.313. The van der Waals surface area contributed by atoms with Gasteiger partial charge in [0.15, 0.2) is 0 Å². The lowest BCUT2D eigenvalue weighted by molar-refractivity contribution is 0.0693. The minimum Gasteiger partial charge on any atom is -0.396 e. The molecule has 7 heteroatoms. The molecular formula is C13H11N5O2. The van der Waals surface area contributed by atoms with Gasteiger partial charge in [0.05, 0.1) is 29.2 Å². The lowest BCUT2D eigenvalue weighted by Crippen LogP contribution is -2.24. The van der Waals surface area contributed by atoms with Crippen molar-refractivity contribution in [1.82, 2.24) is 14.9 Å². The van der Waals surface area contributed by atoms with Crippen LogP contribution in [0.5, 0.6) is 0 Å². The van der Waals surface area contributed by atoms with Crippen molar-refractivity contribution in [2.24, 2.45) is 0 Å². The molecule has 0 aliphatic carbocycles. The second-order valence-electron chi connectivity index (χ2n) is 4.39. The monoisotopic (exact) mass is 269 g/mol. The number of nitrogens with zero attached hydrogens (tertiary/aromatic N) is 3. The van der Waals surface area contributed by atoms with Crippen LogP contribution >= 0.6 is 0 Å². The summed E-state index contributed by atoms with van der Waals surface area (Å²) in [6.45, 7) is 0. The SMILES string of the molecule is CN1C(=O)c2ccc(Nc3ncc(N)cn3)cc2C1=O. The molecule has 2 heterocycles. The summed E-state index contributed by atoms with van der Waals surface area (Å²) < 4.78 is 0. The van der Waals surface area contributed by atoms with Crippen molar-refractivity contribution in [3.8, 4) is 0 Å². The van der Waals surface area contributed by atoms with Gasteiger partial charge in [-0.05, 0) is 18.2 Å². The third-order valence-electron chi connectivity index (χ3n) is 3.02. The number of fused-ring (bicyclic) bond motifs is 1. The fraction of sp³-hybridized carbons (Fsp3) is 0.0769. The van der Waals surface area contributed by atoms with Crippen LogP contribution in [0.4, 0.5) is 17.3 Å².